The van der Waals surface area contributed by atoms with Crippen molar-refractivity contribution in [1.82, 2.24) is 0 Å². The van der Waals surface area contributed by atoms with E-state index in [1.165, 1.54) is 11.3 Å². The third kappa shape index (κ3) is 2.56. The predicted octanol–water partition coefficient (Wildman–Crippen LogP) is 3.36. The predicted molar refractivity (Wildman–Crippen MR) is 73.9 cm³/mol. The molecular formula is C14H17NSi. The van der Waals surface area contributed by atoms with Gasteiger partial charge in [0.05, 0.1) is 5.69 Å². The van der Waals surface area contributed by atoms with Gasteiger partial charge in [0.2, 0.25) is 0 Å². The summed E-state index contributed by atoms with van der Waals surface area (Å²) in [4.78, 5) is 2.15. The molecule has 0 fully saturated rings. The highest BCUT2D eigenvalue weighted by Gasteiger charge is 2.12. The second kappa shape index (κ2) is 4.19. The van der Waals surface area contributed by atoms with E-state index in [1.54, 1.807) is 0 Å². The summed E-state index contributed by atoms with van der Waals surface area (Å²) in [5, 5.41) is 0. The molecule has 0 N–H and O–H groups in total. The maximum atomic E-state index is 3.41. The molecule has 0 aliphatic carbocycles. The summed E-state index contributed by atoms with van der Waals surface area (Å²) >= 11 is 0. The molecule has 0 atom stereocenters. The van der Waals surface area contributed by atoms with Crippen LogP contribution in [0.1, 0.15) is 5.56 Å². The van der Waals surface area contributed by atoms with Gasteiger partial charge in [-0.1, -0.05) is 50.0 Å². The second-order valence-electron chi connectivity index (χ2n) is 5.06. The molecule has 1 aliphatic rings. The van der Waals surface area contributed by atoms with Crippen LogP contribution in [-0.2, 0) is 0 Å². The number of nitrogens with zero attached hydrogens (tertiary/aromatic N) is 1. The average Bonchev–Trinajstić information content (AvgIpc) is 2.25. The van der Waals surface area contributed by atoms with Crippen molar-refractivity contribution in [2.45, 2.75) is 19.6 Å². The summed E-state index contributed by atoms with van der Waals surface area (Å²) in [5.41, 5.74) is 5.91. The molecule has 0 saturated heterocycles. The number of hydrogen-bond acceptors (Lipinski definition) is 1. The fraction of sp³-hybridized carbons (Fsp3) is 0.286. The Hall–Kier alpha value is -1.46. The van der Waals surface area contributed by atoms with Crippen LogP contribution in [0, 0.1) is 11.6 Å². The van der Waals surface area contributed by atoms with Gasteiger partial charge in [0.25, 0.3) is 0 Å². The Morgan fingerprint density at radius 3 is 2.69 bits per heavy atom. The molecule has 0 saturated carbocycles. The minimum absolute atomic E-state index is 0.897. The van der Waals surface area contributed by atoms with Gasteiger partial charge in [-0.3, -0.25) is 4.90 Å². The van der Waals surface area contributed by atoms with Crippen molar-refractivity contribution in [3.05, 3.63) is 35.9 Å². The Bertz CT molecular complexity index is 471. The van der Waals surface area contributed by atoms with Gasteiger partial charge < -0.3 is 0 Å². The number of rotatable bonds is 0. The van der Waals surface area contributed by atoms with Crippen LogP contribution in [-0.4, -0.2) is 14.6 Å². The molecule has 0 bridgehead atoms. The van der Waals surface area contributed by atoms with E-state index in [-0.39, 0.29) is 0 Å². The van der Waals surface area contributed by atoms with Gasteiger partial charge >= 0.3 is 0 Å². The van der Waals surface area contributed by atoms with Gasteiger partial charge in [-0.2, -0.15) is 0 Å². The van der Waals surface area contributed by atoms with Crippen LogP contribution in [0.25, 0.3) is 6.08 Å². The highest BCUT2D eigenvalue weighted by molar-refractivity contribution is 6.83. The maximum Gasteiger partial charge on any atom is 0.131 e. The van der Waals surface area contributed by atoms with Crippen LogP contribution in [0.3, 0.4) is 0 Å². The third-order valence-corrected chi connectivity index (χ3v) is 3.24. The standard InChI is InChI=1S/C14H17NSi/c1-16(2,3)12-11-15-10-6-8-13-7-4-5-9-14(13)15/h4-9H,10H2,1-3H3. The first-order valence-corrected chi connectivity index (χ1v) is 9.12. The van der Waals surface area contributed by atoms with Crippen molar-refractivity contribution in [1.29, 1.82) is 0 Å². The number of para-hydroxylation sites is 1. The molecular weight excluding hydrogens is 210 g/mol. The smallest absolute Gasteiger partial charge is 0.131 e. The van der Waals surface area contributed by atoms with E-state index >= 15 is 0 Å². The fourth-order valence-electron chi connectivity index (χ4n) is 1.60. The summed E-state index contributed by atoms with van der Waals surface area (Å²) < 4.78 is 0. The van der Waals surface area contributed by atoms with Gasteiger partial charge in [-0.05, 0) is 11.6 Å². The highest BCUT2D eigenvalue weighted by Crippen LogP contribution is 2.24. The zero-order valence-electron chi connectivity index (χ0n) is 10.1. The van der Waals surface area contributed by atoms with Crippen molar-refractivity contribution in [2.75, 3.05) is 11.4 Å². The number of fused-ring (bicyclic) bond motifs is 1. The van der Waals surface area contributed by atoms with Gasteiger partial charge in [0.15, 0.2) is 0 Å². The van der Waals surface area contributed by atoms with Gasteiger partial charge in [0.1, 0.15) is 8.07 Å². The normalized spacial score (nSPS) is 14.1. The van der Waals surface area contributed by atoms with Crippen molar-refractivity contribution in [2.24, 2.45) is 0 Å². The molecule has 0 spiro atoms. The second-order valence-corrected chi connectivity index (χ2v) is 9.81. The monoisotopic (exact) mass is 227 g/mol. The number of hydrogen-bond donors (Lipinski definition) is 0. The molecule has 0 amide bonds. The molecule has 1 aliphatic heterocycles. The number of anilines is 1. The molecule has 1 nitrogen and oxygen atoms in total. The van der Waals surface area contributed by atoms with E-state index in [0.717, 1.165) is 6.54 Å². The Labute approximate surface area is 98.8 Å². The lowest BCUT2D eigenvalue weighted by Crippen LogP contribution is -2.23. The first-order valence-electron chi connectivity index (χ1n) is 5.62. The molecule has 1 heterocycles. The molecule has 1 aromatic carbocycles. The van der Waals surface area contributed by atoms with Crippen molar-refractivity contribution in [3.63, 3.8) is 0 Å². The van der Waals surface area contributed by atoms with Crippen LogP contribution in [0.4, 0.5) is 5.69 Å². The minimum Gasteiger partial charge on any atom is -0.298 e. The van der Waals surface area contributed by atoms with E-state index in [9.17, 15) is 0 Å². The summed E-state index contributed by atoms with van der Waals surface area (Å²) in [6, 6.07) is 11.7. The molecule has 0 radical (unpaired) electrons. The largest absolute Gasteiger partial charge is 0.298 e. The van der Waals surface area contributed by atoms with Crippen molar-refractivity contribution in [3.8, 4) is 11.6 Å². The Balaban J connectivity index is 2.32. The van der Waals surface area contributed by atoms with Crippen molar-refractivity contribution >= 4 is 19.8 Å². The zero-order chi connectivity index (χ0) is 11.6. The highest BCUT2D eigenvalue weighted by atomic mass is 28.3. The quantitative estimate of drug-likeness (QED) is 0.485. The van der Waals surface area contributed by atoms with Crippen molar-refractivity contribution < 1.29 is 0 Å². The molecule has 16 heavy (non-hydrogen) atoms. The SMILES string of the molecule is C[Si](C)(C)C#CN1CC=Cc2ccccc21. The average molecular weight is 227 g/mol. The lowest BCUT2D eigenvalue weighted by atomic mass is 10.1. The van der Waals surface area contributed by atoms with E-state index in [2.05, 4.69) is 72.5 Å². The lowest BCUT2D eigenvalue weighted by Gasteiger charge is -2.22. The van der Waals surface area contributed by atoms with Gasteiger partial charge in [-0.25, -0.2) is 0 Å². The fourth-order valence-corrected chi connectivity index (χ4v) is 2.07. The summed E-state index contributed by atoms with van der Waals surface area (Å²) in [6.45, 7) is 7.71. The molecule has 1 aromatic rings. The zero-order valence-corrected chi connectivity index (χ0v) is 11.1. The minimum atomic E-state index is -1.29. The Morgan fingerprint density at radius 1 is 1.19 bits per heavy atom. The summed E-state index contributed by atoms with van der Waals surface area (Å²) in [7, 11) is -1.29. The van der Waals surface area contributed by atoms with E-state index in [1.807, 2.05) is 0 Å². The lowest BCUT2D eigenvalue weighted by molar-refractivity contribution is 1.11. The summed E-state index contributed by atoms with van der Waals surface area (Å²) in [5.74, 6) is 0. The topological polar surface area (TPSA) is 3.24 Å². The maximum absolute atomic E-state index is 3.41. The van der Waals surface area contributed by atoms with Crippen LogP contribution in [0.2, 0.25) is 19.6 Å². The van der Waals surface area contributed by atoms with Gasteiger partial charge in [-0.15, -0.1) is 5.54 Å². The van der Waals surface area contributed by atoms with Crippen LogP contribution in [0.5, 0.6) is 0 Å². The van der Waals surface area contributed by atoms with E-state index < -0.39 is 8.07 Å². The van der Waals surface area contributed by atoms with E-state index in [4.69, 9.17) is 0 Å². The Kier molecular flexibility index (Phi) is 2.89. The Morgan fingerprint density at radius 2 is 1.94 bits per heavy atom. The van der Waals surface area contributed by atoms with Crippen LogP contribution < -0.4 is 4.90 Å². The first-order chi connectivity index (χ1) is 7.56. The third-order valence-electron chi connectivity index (χ3n) is 2.38. The molecule has 2 heteroatoms. The first kappa shape index (κ1) is 11.0. The number of benzene rings is 1. The van der Waals surface area contributed by atoms with Crippen LogP contribution >= 0.6 is 0 Å². The summed E-state index contributed by atoms with van der Waals surface area (Å²) in [6.07, 6.45) is 4.34. The molecule has 82 valence electrons. The molecule has 2 rings (SSSR count). The molecule has 0 unspecified atom stereocenters. The molecule has 0 aromatic heterocycles. The van der Waals surface area contributed by atoms with Crippen LogP contribution in [0.15, 0.2) is 30.3 Å². The van der Waals surface area contributed by atoms with Gasteiger partial charge in [0, 0.05) is 12.6 Å². The van der Waals surface area contributed by atoms with E-state index in [0.29, 0.717) is 0 Å².